The molecular formula is C24H17BrN4O6. The number of nitrogens with one attached hydrogen (secondary N) is 1. The molecule has 0 bridgehead atoms. The van der Waals surface area contributed by atoms with Crippen LogP contribution < -0.4 is 10.1 Å². The second-order valence-electron chi connectivity index (χ2n) is 7.39. The lowest BCUT2D eigenvalue weighted by atomic mass is 10.1. The van der Waals surface area contributed by atoms with Gasteiger partial charge in [-0.25, -0.2) is 0 Å². The van der Waals surface area contributed by atoms with Crippen LogP contribution in [0.4, 0.5) is 17.1 Å². The Balaban J connectivity index is 1.99. The minimum absolute atomic E-state index is 0.0946. The summed E-state index contributed by atoms with van der Waals surface area (Å²) in [5.41, 5.74) is 1.37. The van der Waals surface area contributed by atoms with E-state index in [1.54, 1.807) is 18.2 Å². The molecule has 0 atom stereocenters. The van der Waals surface area contributed by atoms with E-state index < -0.39 is 27.1 Å². The van der Waals surface area contributed by atoms with Gasteiger partial charge in [0, 0.05) is 21.8 Å². The number of ether oxygens (including phenoxy) is 1. The smallest absolute Gasteiger partial charge is 0.318 e. The van der Waals surface area contributed by atoms with E-state index in [1.807, 2.05) is 32.0 Å². The molecule has 0 aliphatic carbocycles. The number of non-ortho nitro benzene ring substituents is 1. The first-order valence-electron chi connectivity index (χ1n) is 9.99. The molecule has 0 heterocycles. The van der Waals surface area contributed by atoms with Crippen LogP contribution in [0.2, 0.25) is 0 Å². The average Bonchev–Trinajstić information content (AvgIpc) is 2.80. The Labute approximate surface area is 207 Å². The first-order valence-corrected chi connectivity index (χ1v) is 10.8. The van der Waals surface area contributed by atoms with E-state index in [2.05, 4.69) is 21.2 Å². The van der Waals surface area contributed by atoms with Crippen molar-refractivity contribution in [2.45, 2.75) is 13.8 Å². The van der Waals surface area contributed by atoms with Crippen LogP contribution in [-0.4, -0.2) is 15.8 Å². The van der Waals surface area contributed by atoms with E-state index in [0.717, 1.165) is 29.3 Å². The van der Waals surface area contributed by atoms with Crippen LogP contribution in [0.5, 0.6) is 11.5 Å². The fourth-order valence-electron chi connectivity index (χ4n) is 3.14. The van der Waals surface area contributed by atoms with Gasteiger partial charge in [0.25, 0.3) is 11.6 Å². The monoisotopic (exact) mass is 536 g/mol. The number of rotatable bonds is 7. The fourth-order valence-corrected chi connectivity index (χ4v) is 3.52. The number of nitriles is 1. The quantitative estimate of drug-likeness (QED) is 0.163. The molecule has 1 amide bonds. The Morgan fingerprint density at radius 2 is 1.74 bits per heavy atom. The van der Waals surface area contributed by atoms with Crippen molar-refractivity contribution in [1.29, 1.82) is 5.26 Å². The molecule has 0 unspecified atom stereocenters. The first-order chi connectivity index (χ1) is 16.6. The average molecular weight is 537 g/mol. The highest BCUT2D eigenvalue weighted by molar-refractivity contribution is 9.10. The normalized spacial score (nSPS) is 10.9. The third-order valence-corrected chi connectivity index (χ3v) is 5.33. The van der Waals surface area contributed by atoms with Gasteiger partial charge in [-0.1, -0.05) is 33.6 Å². The van der Waals surface area contributed by atoms with Crippen molar-refractivity contribution < 1.29 is 19.4 Å². The molecule has 3 rings (SSSR count). The van der Waals surface area contributed by atoms with Crippen molar-refractivity contribution in [1.82, 2.24) is 0 Å². The molecule has 0 spiro atoms. The molecule has 0 radical (unpaired) electrons. The van der Waals surface area contributed by atoms with Gasteiger partial charge in [0.05, 0.1) is 15.9 Å². The predicted molar refractivity (Wildman–Crippen MR) is 132 cm³/mol. The van der Waals surface area contributed by atoms with Gasteiger partial charge in [-0.2, -0.15) is 5.26 Å². The van der Waals surface area contributed by atoms with Gasteiger partial charge in [-0.15, -0.1) is 0 Å². The van der Waals surface area contributed by atoms with E-state index in [-0.39, 0.29) is 22.6 Å². The lowest BCUT2D eigenvalue weighted by molar-refractivity contribution is -0.394. The summed E-state index contributed by atoms with van der Waals surface area (Å²) >= 11 is 3.31. The summed E-state index contributed by atoms with van der Waals surface area (Å²) in [5.74, 6) is -0.792. The number of nitro benzene ring substituents is 2. The van der Waals surface area contributed by atoms with Crippen LogP contribution >= 0.6 is 15.9 Å². The third-order valence-electron chi connectivity index (χ3n) is 4.84. The minimum Gasteiger partial charge on any atom is -0.449 e. The van der Waals surface area contributed by atoms with Gasteiger partial charge in [-0.05, 0) is 55.8 Å². The molecule has 3 aromatic rings. The van der Waals surface area contributed by atoms with Crippen LogP contribution in [0.3, 0.4) is 0 Å². The Kier molecular flexibility index (Phi) is 7.58. The van der Waals surface area contributed by atoms with Crippen LogP contribution in [-0.2, 0) is 4.79 Å². The number of amides is 1. The standard InChI is InChI=1S/C24H17BrN4O6/c1-14-3-6-20(15(2)9-14)27-24(30)17(13-26)10-16-11-18(25)4-7-22(16)35-23-8-5-19(28(31)32)12-21(23)29(33)34/h3-12H,1-2H3,(H,27,30)/b17-10+. The maximum Gasteiger partial charge on any atom is 0.318 e. The molecule has 10 nitrogen and oxygen atoms in total. The number of halogens is 1. The number of anilines is 1. The van der Waals surface area contributed by atoms with E-state index in [4.69, 9.17) is 4.74 Å². The molecule has 0 aliphatic heterocycles. The molecule has 0 aromatic heterocycles. The predicted octanol–water partition coefficient (Wildman–Crippen LogP) is 6.22. The third kappa shape index (κ3) is 6.07. The molecule has 0 fully saturated rings. The number of carbonyl (C=O) groups excluding carboxylic acids is 1. The summed E-state index contributed by atoms with van der Waals surface area (Å²) in [6.07, 6.45) is 1.29. The van der Waals surface area contributed by atoms with Gasteiger partial charge in [-0.3, -0.25) is 25.0 Å². The van der Waals surface area contributed by atoms with Gasteiger partial charge in [0.15, 0.2) is 0 Å². The summed E-state index contributed by atoms with van der Waals surface area (Å²) in [7, 11) is 0. The highest BCUT2D eigenvalue weighted by Gasteiger charge is 2.22. The molecule has 0 saturated heterocycles. The van der Waals surface area contributed by atoms with Crippen LogP contribution in [0.1, 0.15) is 16.7 Å². The van der Waals surface area contributed by atoms with Crippen molar-refractivity contribution in [3.05, 3.63) is 102 Å². The summed E-state index contributed by atoms with van der Waals surface area (Å²) in [6.45, 7) is 3.75. The van der Waals surface area contributed by atoms with E-state index in [1.165, 1.54) is 12.1 Å². The van der Waals surface area contributed by atoms with Gasteiger partial charge in [0.1, 0.15) is 17.4 Å². The van der Waals surface area contributed by atoms with Gasteiger partial charge >= 0.3 is 5.69 Å². The first kappa shape index (κ1) is 25.1. The minimum atomic E-state index is -0.797. The van der Waals surface area contributed by atoms with Gasteiger partial charge < -0.3 is 10.1 Å². The second-order valence-corrected chi connectivity index (χ2v) is 8.31. The van der Waals surface area contributed by atoms with Crippen LogP contribution in [0.25, 0.3) is 6.08 Å². The number of nitro groups is 2. The number of aryl methyl sites for hydroxylation is 2. The Morgan fingerprint density at radius 1 is 1.03 bits per heavy atom. The molecule has 3 aromatic carbocycles. The molecule has 1 N–H and O–H groups in total. The number of hydrogen-bond acceptors (Lipinski definition) is 7. The molecule has 11 heteroatoms. The lowest BCUT2D eigenvalue weighted by Gasteiger charge is -2.11. The largest absolute Gasteiger partial charge is 0.449 e. The Morgan fingerprint density at radius 3 is 2.37 bits per heavy atom. The van der Waals surface area contributed by atoms with Crippen LogP contribution in [0, 0.1) is 45.4 Å². The Bertz CT molecular complexity index is 1430. The lowest BCUT2D eigenvalue weighted by Crippen LogP contribution is -2.14. The number of benzene rings is 3. The highest BCUT2D eigenvalue weighted by atomic mass is 79.9. The molecule has 0 saturated carbocycles. The van der Waals surface area contributed by atoms with E-state index >= 15 is 0 Å². The molecule has 35 heavy (non-hydrogen) atoms. The van der Waals surface area contributed by atoms with Crippen LogP contribution in [0.15, 0.2) is 64.6 Å². The number of hydrogen-bond donors (Lipinski definition) is 1. The molecule has 176 valence electrons. The number of nitrogens with zero attached hydrogens (tertiary/aromatic N) is 3. The second kappa shape index (κ2) is 10.6. The summed E-state index contributed by atoms with van der Waals surface area (Å²) in [6, 6.07) is 14.9. The summed E-state index contributed by atoms with van der Waals surface area (Å²) < 4.78 is 6.30. The highest BCUT2D eigenvalue weighted by Crippen LogP contribution is 2.37. The topological polar surface area (TPSA) is 148 Å². The molecule has 0 aliphatic rings. The van der Waals surface area contributed by atoms with E-state index in [9.17, 15) is 30.3 Å². The number of carbonyl (C=O) groups is 1. The summed E-state index contributed by atoms with van der Waals surface area (Å²) in [4.78, 5) is 33.7. The maximum absolute atomic E-state index is 12.8. The van der Waals surface area contributed by atoms with Crippen molar-refractivity contribution >= 4 is 45.0 Å². The SMILES string of the molecule is Cc1ccc(NC(=O)/C(C#N)=C/c2cc(Br)ccc2Oc2ccc([N+](=O)[O-])cc2[N+](=O)[O-])c(C)c1. The Hall–Kier alpha value is -4.56. The summed E-state index contributed by atoms with van der Waals surface area (Å²) in [5, 5.41) is 34.7. The van der Waals surface area contributed by atoms with Crippen molar-refractivity contribution in [2.75, 3.05) is 5.32 Å². The zero-order valence-corrected chi connectivity index (χ0v) is 20.0. The fraction of sp³-hybridized carbons (Fsp3) is 0.0833. The van der Waals surface area contributed by atoms with Crippen molar-refractivity contribution in [3.63, 3.8) is 0 Å². The zero-order valence-electron chi connectivity index (χ0n) is 18.4. The maximum atomic E-state index is 12.8. The van der Waals surface area contributed by atoms with E-state index in [0.29, 0.717) is 10.2 Å². The zero-order chi connectivity index (χ0) is 25.7. The van der Waals surface area contributed by atoms with Crippen molar-refractivity contribution in [2.24, 2.45) is 0 Å². The molecular weight excluding hydrogens is 520 g/mol. The van der Waals surface area contributed by atoms with Gasteiger partial charge in [0.2, 0.25) is 5.75 Å². The van der Waals surface area contributed by atoms with Crippen molar-refractivity contribution in [3.8, 4) is 17.6 Å².